The molecular formula is C11H21N5. The van der Waals surface area contributed by atoms with E-state index in [0.717, 1.165) is 11.8 Å². The van der Waals surface area contributed by atoms with Crippen molar-refractivity contribution in [3.05, 3.63) is 5.82 Å². The normalized spacial score (nSPS) is 17.2. The lowest BCUT2D eigenvalue weighted by Crippen LogP contribution is -2.19. The van der Waals surface area contributed by atoms with Crippen LogP contribution in [0.15, 0.2) is 0 Å². The molecule has 0 unspecified atom stereocenters. The molecule has 0 saturated heterocycles. The van der Waals surface area contributed by atoms with Gasteiger partial charge in [0, 0.05) is 12.1 Å². The number of rotatable bonds is 4. The zero-order valence-corrected chi connectivity index (χ0v) is 10.1. The van der Waals surface area contributed by atoms with E-state index in [-0.39, 0.29) is 0 Å². The highest BCUT2D eigenvalue weighted by atomic mass is 15.4. The summed E-state index contributed by atoms with van der Waals surface area (Å²) in [7, 11) is 0. The van der Waals surface area contributed by atoms with Gasteiger partial charge in [0.05, 0.1) is 6.54 Å². The molecule has 0 atom stereocenters. The van der Waals surface area contributed by atoms with E-state index in [0.29, 0.717) is 18.6 Å². The van der Waals surface area contributed by atoms with Gasteiger partial charge in [0.25, 0.3) is 0 Å². The second-order valence-electron chi connectivity index (χ2n) is 4.75. The fraction of sp³-hybridized carbons (Fsp3) is 0.818. The lowest BCUT2D eigenvalue weighted by Gasteiger charge is -2.18. The molecule has 0 bridgehead atoms. The second-order valence-corrected chi connectivity index (χ2v) is 4.75. The first kappa shape index (κ1) is 11.4. The first-order chi connectivity index (χ1) is 7.72. The maximum Gasteiger partial charge on any atom is 0.225 e. The molecule has 1 aromatic rings. The maximum absolute atomic E-state index is 5.71. The smallest absolute Gasteiger partial charge is 0.225 e. The van der Waals surface area contributed by atoms with Crippen molar-refractivity contribution >= 4 is 5.95 Å². The third kappa shape index (κ3) is 2.19. The minimum atomic E-state index is 0.370. The average molecular weight is 223 g/mol. The van der Waals surface area contributed by atoms with Crippen molar-refractivity contribution in [1.82, 2.24) is 14.8 Å². The predicted molar refractivity (Wildman–Crippen MR) is 64.2 cm³/mol. The molecular weight excluding hydrogens is 202 g/mol. The third-order valence-corrected chi connectivity index (χ3v) is 3.06. The van der Waals surface area contributed by atoms with E-state index < -0.39 is 0 Å². The van der Waals surface area contributed by atoms with Crippen LogP contribution in [0.2, 0.25) is 0 Å². The molecule has 5 heteroatoms. The summed E-state index contributed by atoms with van der Waals surface area (Å²) in [6, 6.07) is 0.907. The molecule has 1 saturated carbocycles. The van der Waals surface area contributed by atoms with Crippen LogP contribution < -0.4 is 11.1 Å². The van der Waals surface area contributed by atoms with Gasteiger partial charge in [-0.15, -0.1) is 10.2 Å². The largest absolute Gasteiger partial charge is 0.352 e. The van der Waals surface area contributed by atoms with Crippen LogP contribution in [-0.2, 0) is 6.54 Å². The highest BCUT2D eigenvalue weighted by Crippen LogP contribution is 2.32. The summed E-state index contributed by atoms with van der Waals surface area (Å²) in [4.78, 5) is 0. The lowest BCUT2D eigenvalue weighted by atomic mass is 10.2. The quantitative estimate of drug-likeness (QED) is 0.814. The molecule has 1 aliphatic carbocycles. The molecule has 2 rings (SSSR count). The summed E-state index contributed by atoms with van der Waals surface area (Å²) in [5, 5.41) is 11.7. The predicted octanol–water partition coefficient (Wildman–Crippen LogP) is 1.67. The maximum atomic E-state index is 5.71. The van der Waals surface area contributed by atoms with Crippen LogP contribution in [0.5, 0.6) is 0 Å². The molecule has 90 valence electrons. The van der Waals surface area contributed by atoms with Gasteiger partial charge >= 0.3 is 0 Å². The topological polar surface area (TPSA) is 68.8 Å². The van der Waals surface area contributed by atoms with Crippen LogP contribution >= 0.6 is 0 Å². The van der Waals surface area contributed by atoms with Gasteiger partial charge in [-0.2, -0.15) is 0 Å². The van der Waals surface area contributed by atoms with Crippen LogP contribution in [0.1, 0.15) is 51.4 Å². The minimum absolute atomic E-state index is 0.370. The van der Waals surface area contributed by atoms with E-state index in [1.807, 2.05) is 0 Å². The zero-order chi connectivity index (χ0) is 11.5. The molecule has 1 fully saturated rings. The zero-order valence-electron chi connectivity index (χ0n) is 10.1. The van der Waals surface area contributed by atoms with E-state index >= 15 is 0 Å². The molecule has 1 aromatic heterocycles. The minimum Gasteiger partial charge on any atom is -0.352 e. The van der Waals surface area contributed by atoms with Crippen molar-refractivity contribution in [2.75, 3.05) is 5.32 Å². The molecule has 0 aromatic carbocycles. The molecule has 3 N–H and O–H groups in total. The lowest BCUT2D eigenvalue weighted by molar-refractivity contribution is 0.500. The van der Waals surface area contributed by atoms with Gasteiger partial charge in [-0.05, 0) is 26.7 Å². The van der Waals surface area contributed by atoms with E-state index in [2.05, 4.69) is 33.9 Å². The summed E-state index contributed by atoms with van der Waals surface area (Å²) in [6.07, 6.45) is 5.04. The number of nitrogens with zero attached hydrogens (tertiary/aromatic N) is 3. The highest BCUT2D eigenvalue weighted by molar-refractivity contribution is 5.28. The van der Waals surface area contributed by atoms with Crippen molar-refractivity contribution in [2.24, 2.45) is 5.73 Å². The Hall–Kier alpha value is -1.10. The second kappa shape index (κ2) is 4.82. The molecule has 0 spiro atoms. The Balaban J connectivity index is 2.26. The van der Waals surface area contributed by atoms with Crippen LogP contribution in [0.25, 0.3) is 0 Å². The fourth-order valence-corrected chi connectivity index (χ4v) is 2.37. The number of nitrogens with two attached hydrogens (primary N) is 1. The summed E-state index contributed by atoms with van der Waals surface area (Å²) in [5.74, 6) is 1.78. The summed E-state index contributed by atoms with van der Waals surface area (Å²) in [6.45, 7) is 4.68. The number of anilines is 1. The first-order valence-electron chi connectivity index (χ1n) is 6.12. The standard InChI is InChI=1S/C11H21N5/c1-8(2)13-11-15-14-10(7-12)16(11)9-5-3-4-6-9/h8-9H,3-7,12H2,1-2H3,(H,13,15). The monoisotopic (exact) mass is 223 g/mol. The van der Waals surface area contributed by atoms with Gasteiger partial charge in [0.2, 0.25) is 5.95 Å². The fourth-order valence-electron chi connectivity index (χ4n) is 2.37. The van der Waals surface area contributed by atoms with Crippen molar-refractivity contribution in [3.8, 4) is 0 Å². The average Bonchev–Trinajstić information content (AvgIpc) is 2.84. The van der Waals surface area contributed by atoms with Gasteiger partial charge in [-0.3, -0.25) is 4.57 Å². The number of hydrogen-bond acceptors (Lipinski definition) is 4. The Bertz CT molecular complexity index is 338. The number of hydrogen-bond donors (Lipinski definition) is 2. The molecule has 0 aliphatic heterocycles. The molecule has 0 amide bonds. The third-order valence-electron chi connectivity index (χ3n) is 3.06. The first-order valence-corrected chi connectivity index (χ1v) is 6.12. The molecule has 16 heavy (non-hydrogen) atoms. The summed E-state index contributed by atoms with van der Waals surface area (Å²) >= 11 is 0. The Morgan fingerprint density at radius 1 is 1.38 bits per heavy atom. The Labute approximate surface area is 96.4 Å². The number of aromatic nitrogens is 3. The van der Waals surface area contributed by atoms with Crippen molar-refractivity contribution in [2.45, 2.75) is 58.2 Å². The van der Waals surface area contributed by atoms with Crippen LogP contribution in [-0.4, -0.2) is 20.8 Å². The Kier molecular flexibility index (Phi) is 3.43. The molecule has 0 radical (unpaired) electrons. The molecule has 1 aliphatic rings. The van der Waals surface area contributed by atoms with Gasteiger partial charge in [-0.1, -0.05) is 12.8 Å². The van der Waals surface area contributed by atoms with Crippen LogP contribution in [0, 0.1) is 0 Å². The van der Waals surface area contributed by atoms with Crippen molar-refractivity contribution in [1.29, 1.82) is 0 Å². The molecule has 5 nitrogen and oxygen atoms in total. The van der Waals surface area contributed by atoms with E-state index in [4.69, 9.17) is 5.73 Å². The summed E-state index contributed by atoms with van der Waals surface area (Å²) < 4.78 is 2.20. The number of nitrogens with one attached hydrogen (secondary N) is 1. The van der Waals surface area contributed by atoms with Gasteiger partial charge in [-0.25, -0.2) is 0 Å². The van der Waals surface area contributed by atoms with Gasteiger partial charge < -0.3 is 11.1 Å². The van der Waals surface area contributed by atoms with E-state index in [1.165, 1.54) is 25.7 Å². The van der Waals surface area contributed by atoms with Crippen molar-refractivity contribution in [3.63, 3.8) is 0 Å². The molecule has 1 heterocycles. The van der Waals surface area contributed by atoms with Crippen LogP contribution in [0.3, 0.4) is 0 Å². The van der Waals surface area contributed by atoms with E-state index in [9.17, 15) is 0 Å². The van der Waals surface area contributed by atoms with Gasteiger partial charge in [0.1, 0.15) is 5.82 Å². The highest BCUT2D eigenvalue weighted by Gasteiger charge is 2.23. The summed E-state index contributed by atoms with van der Waals surface area (Å²) in [5.41, 5.74) is 5.71. The van der Waals surface area contributed by atoms with E-state index in [1.54, 1.807) is 0 Å². The van der Waals surface area contributed by atoms with Gasteiger partial charge in [0.15, 0.2) is 0 Å². The Morgan fingerprint density at radius 3 is 2.62 bits per heavy atom. The SMILES string of the molecule is CC(C)Nc1nnc(CN)n1C1CCCC1. The van der Waals surface area contributed by atoms with Crippen LogP contribution in [0.4, 0.5) is 5.95 Å². The van der Waals surface area contributed by atoms with Crippen molar-refractivity contribution < 1.29 is 0 Å². The Morgan fingerprint density at radius 2 is 2.06 bits per heavy atom.